The minimum absolute atomic E-state index is 0.292. The first-order chi connectivity index (χ1) is 7.22. The van der Waals surface area contributed by atoms with E-state index in [1.807, 2.05) is 6.07 Å². The highest BCUT2D eigenvalue weighted by molar-refractivity contribution is 7.71. The lowest BCUT2D eigenvalue weighted by molar-refractivity contribution is 0.576. The summed E-state index contributed by atoms with van der Waals surface area (Å²) in [5.41, 5.74) is 1.10. The van der Waals surface area contributed by atoms with Gasteiger partial charge in [0.25, 0.3) is 0 Å². The lowest BCUT2D eigenvalue weighted by Crippen LogP contribution is -1.96. The molecule has 0 radical (unpaired) electrons. The normalized spacial score (nSPS) is 9.87. The SMILES string of the molecule is Cc1[nH]c(-c2ccco2)nc(=S)c1C#N. The van der Waals surface area contributed by atoms with Gasteiger partial charge < -0.3 is 9.40 Å². The van der Waals surface area contributed by atoms with Crippen LogP contribution in [0, 0.1) is 22.9 Å². The summed E-state index contributed by atoms with van der Waals surface area (Å²) in [6.07, 6.45) is 1.56. The van der Waals surface area contributed by atoms with Gasteiger partial charge in [-0.15, -0.1) is 0 Å². The van der Waals surface area contributed by atoms with Gasteiger partial charge in [-0.1, -0.05) is 12.2 Å². The maximum Gasteiger partial charge on any atom is 0.175 e. The predicted molar refractivity (Wildman–Crippen MR) is 56.6 cm³/mol. The van der Waals surface area contributed by atoms with Crippen molar-refractivity contribution < 1.29 is 4.42 Å². The average molecular weight is 217 g/mol. The first-order valence-electron chi connectivity index (χ1n) is 4.27. The molecule has 0 aliphatic rings. The van der Waals surface area contributed by atoms with Gasteiger partial charge in [-0.2, -0.15) is 5.26 Å². The summed E-state index contributed by atoms with van der Waals surface area (Å²) in [6.45, 7) is 1.78. The zero-order valence-corrected chi connectivity index (χ0v) is 8.76. The molecule has 0 aliphatic carbocycles. The van der Waals surface area contributed by atoms with Crippen molar-refractivity contribution in [3.63, 3.8) is 0 Å². The zero-order chi connectivity index (χ0) is 10.8. The number of nitrogens with one attached hydrogen (secondary N) is 1. The number of hydrogen-bond donors (Lipinski definition) is 1. The number of furan rings is 1. The van der Waals surface area contributed by atoms with E-state index in [0.29, 0.717) is 27.5 Å². The molecule has 2 aromatic heterocycles. The number of rotatable bonds is 1. The number of aryl methyl sites for hydroxylation is 1. The van der Waals surface area contributed by atoms with Gasteiger partial charge in [0.05, 0.1) is 6.26 Å². The number of aromatic amines is 1. The molecule has 0 bridgehead atoms. The van der Waals surface area contributed by atoms with Crippen molar-refractivity contribution in [1.82, 2.24) is 9.97 Å². The van der Waals surface area contributed by atoms with E-state index < -0.39 is 0 Å². The third-order valence-corrected chi connectivity index (χ3v) is 2.27. The molecule has 0 saturated carbocycles. The second kappa shape index (κ2) is 3.67. The Kier molecular flexibility index (Phi) is 2.35. The van der Waals surface area contributed by atoms with Crippen molar-refractivity contribution in [3.8, 4) is 17.7 Å². The first kappa shape index (κ1) is 9.62. The van der Waals surface area contributed by atoms with Gasteiger partial charge in [-0.05, 0) is 19.1 Å². The van der Waals surface area contributed by atoms with Gasteiger partial charge in [0.1, 0.15) is 16.3 Å². The summed E-state index contributed by atoms with van der Waals surface area (Å²) in [4.78, 5) is 7.07. The van der Waals surface area contributed by atoms with Crippen LogP contribution in [0.4, 0.5) is 0 Å². The molecule has 74 valence electrons. The molecule has 4 nitrogen and oxygen atoms in total. The summed E-state index contributed by atoms with van der Waals surface area (Å²) >= 11 is 5.00. The molecular weight excluding hydrogens is 210 g/mol. The van der Waals surface area contributed by atoms with E-state index in [1.165, 1.54) is 0 Å². The topological polar surface area (TPSA) is 65.6 Å². The maximum absolute atomic E-state index is 8.82. The van der Waals surface area contributed by atoms with Crippen LogP contribution in [0.15, 0.2) is 22.8 Å². The molecule has 0 atom stereocenters. The van der Waals surface area contributed by atoms with Crippen LogP contribution in [-0.4, -0.2) is 9.97 Å². The molecule has 0 amide bonds. The Hall–Kier alpha value is -1.93. The second-order valence-electron chi connectivity index (χ2n) is 2.98. The van der Waals surface area contributed by atoms with Crippen LogP contribution in [0.2, 0.25) is 0 Å². The smallest absolute Gasteiger partial charge is 0.175 e. The van der Waals surface area contributed by atoms with Gasteiger partial charge >= 0.3 is 0 Å². The van der Waals surface area contributed by atoms with Crippen LogP contribution in [-0.2, 0) is 0 Å². The van der Waals surface area contributed by atoms with Gasteiger partial charge in [0.2, 0.25) is 0 Å². The van der Waals surface area contributed by atoms with Crippen LogP contribution in [0.1, 0.15) is 11.3 Å². The van der Waals surface area contributed by atoms with Gasteiger partial charge in [0, 0.05) is 5.69 Å². The molecule has 2 aromatic rings. The van der Waals surface area contributed by atoms with E-state index in [0.717, 1.165) is 0 Å². The Morgan fingerprint density at radius 3 is 2.93 bits per heavy atom. The minimum atomic E-state index is 0.292. The number of H-pyrrole nitrogens is 1. The lowest BCUT2D eigenvalue weighted by Gasteiger charge is -2.01. The highest BCUT2D eigenvalue weighted by Crippen LogP contribution is 2.16. The fraction of sp³-hybridized carbons (Fsp3) is 0.100. The minimum Gasteiger partial charge on any atom is -0.461 e. The van der Waals surface area contributed by atoms with Gasteiger partial charge in [-0.3, -0.25) is 0 Å². The number of hydrogen-bond acceptors (Lipinski definition) is 4. The van der Waals surface area contributed by atoms with Crippen LogP contribution in [0.5, 0.6) is 0 Å². The summed E-state index contributed by atoms with van der Waals surface area (Å²) < 4.78 is 5.47. The molecule has 5 heteroatoms. The van der Waals surface area contributed by atoms with E-state index in [9.17, 15) is 0 Å². The summed E-state index contributed by atoms with van der Waals surface area (Å²) in [6, 6.07) is 5.55. The fourth-order valence-corrected chi connectivity index (χ4v) is 1.54. The van der Waals surface area contributed by atoms with E-state index >= 15 is 0 Å². The molecule has 0 unspecified atom stereocenters. The molecule has 0 saturated heterocycles. The average Bonchev–Trinajstić information content (AvgIpc) is 2.69. The fourth-order valence-electron chi connectivity index (χ4n) is 1.25. The molecule has 15 heavy (non-hydrogen) atoms. The van der Waals surface area contributed by atoms with E-state index in [1.54, 1.807) is 25.3 Å². The Balaban J connectivity index is 2.65. The summed E-state index contributed by atoms with van der Waals surface area (Å²) in [5, 5.41) is 8.82. The number of aromatic nitrogens is 2. The number of nitrogens with zero attached hydrogens (tertiary/aromatic N) is 2. The highest BCUT2D eigenvalue weighted by Gasteiger charge is 2.07. The Morgan fingerprint density at radius 1 is 1.60 bits per heavy atom. The largest absolute Gasteiger partial charge is 0.461 e. The van der Waals surface area contributed by atoms with Crippen LogP contribution < -0.4 is 0 Å². The first-order valence-corrected chi connectivity index (χ1v) is 4.68. The second-order valence-corrected chi connectivity index (χ2v) is 3.37. The third kappa shape index (κ3) is 1.67. The van der Waals surface area contributed by atoms with Crippen molar-refractivity contribution in [2.75, 3.05) is 0 Å². The van der Waals surface area contributed by atoms with Crippen molar-refractivity contribution in [1.29, 1.82) is 5.26 Å². The van der Waals surface area contributed by atoms with Gasteiger partial charge in [0.15, 0.2) is 11.6 Å². The van der Waals surface area contributed by atoms with Crippen LogP contribution >= 0.6 is 12.2 Å². The highest BCUT2D eigenvalue weighted by atomic mass is 32.1. The molecular formula is C10H7N3OS. The molecule has 2 heterocycles. The molecule has 2 rings (SSSR count). The third-order valence-electron chi connectivity index (χ3n) is 1.97. The van der Waals surface area contributed by atoms with Crippen LogP contribution in [0.3, 0.4) is 0 Å². The van der Waals surface area contributed by atoms with E-state index in [4.69, 9.17) is 21.9 Å². The Bertz CT molecular complexity index is 578. The van der Waals surface area contributed by atoms with E-state index in [2.05, 4.69) is 9.97 Å². The summed E-state index contributed by atoms with van der Waals surface area (Å²) in [7, 11) is 0. The van der Waals surface area contributed by atoms with Crippen LogP contribution in [0.25, 0.3) is 11.6 Å². The molecule has 0 aromatic carbocycles. The lowest BCUT2D eigenvalue weighted by atomic mass is 10.2. The predicted octanol–water partition coefficient (Wildman–Crippen LogP) is 2.58. The molecule has 0 fully saturated rings. The molecule has 0 aliphatic heterocycles. The zero-order valence-electron chi connectivity index (χ0n) is 7.94. The monoisotopic (exact) mass is 217 g/mol. The van der Waals surface area contributed by atoms with Crippen molar-refractivity contribution in [2.24, 2.45) is 0 Å². The quantitative estimate of drug-likeness (QED) is 0.745. The van der Waals surface area contributed by atoms with E-state index in [-0.39, 0.29) is 0 Å². The van der Waals surface area contributed by atoms with Crippen molar-refractivity contribution >= 4 is 12.2 Å². The molecule has 1 N–H and O–H groups in total. The van der Waals surface area contributed by atoms with Gasteiger partial charge in [-0.25, -0.2) is 4.98 Å². The van der Waals surface area contributed by atoms with Crippen molar-refractivity contribution in [2.45, 2.75) is 6.92 Å². The maximum atomic E-state index is 8.82. The summed E-state index contributed by atoms with van der Waals surface area (Å²) in [5.74, 6) is 1.15. The molecule has 0 spiro atoms. The standard InChI is InChI=1S/C10H7N3OS/c1-6-7(5-11)10(15)13-9(12-6)8-3-2-4-14-8/h2-4H,1H3,(H,12,13,15). The Labute approximate surface area is 91.2 Å². The number of nitriles is 1. The Morgan fingerprint density at radius 2 is 2.40 bits per heavy atom. The van der Waals surface area contributed by atoms with Crippen molar-refractivity contribution in [3.05, 3.63) is 34.3 Å².